The Morgan fingerprint density at radius 3 is 2.23 bits per heavy atom. The zero-order valence-corrected chi connectivity index (χ0v) is 8.81. The Bertz CT molecular complexity index is 294. The number of nitrogens with zero attached hydrogens (tertiary/aromatic N) is 2. The first-order valence-electron chi connectivity index (χ1n) is 4.71. The van der Waals surface area contributed by atoms with Gasteiger partial charge in [0.15, 0.2) is 0 Å². The number of aryl methyl sites for hydroxylation is 3. The Balaban J connectivity index is 2.88. The van der Waals surface area contributed by atoms with Gasteiger partial charge in [0.1, 0.15) is 5.82 Å². The Kier molecular flexibility index (Phi) is 3.23. The summed E-state index contributed by atoms with van der Waals surface area (Å²) in [6, 6.07) is 0. The van der Waals surface area contributed by atoms with E-state index in [0.717, 1.165) is 35.9 Å². The van der Waals surface area contributed by atoms with Crippen molar-refractivity contribution in [3.63, 3.8) is 0 Å². The summed E-state index contributed by atoms with van der Waals surface area (Å²) in [7, 11) is 0. The third-order valence-corrected chi connectivity index (χ3v) is 2.02. The van der Waals surface area contributed by atoms with Gasteiger partial charge in [0, 0.05) is 6.54 Å². The first kappa shape index (κ1) is 9.96. The molecule has 0 aliphatic carbocycles. The van der Waals surface area contributed by atoms with Crippen LogP contribution in [0.1, 0.15) is 30.4 Å². The van der Waals surface area contributed by atoms with E-state index < -0.39 is 0 Å². The van der Waals surface area contributed by atoms with Crippen LogP contribution in [-0.2, 0) is 0 Å². The highest BCUT2D eigenvalue weighted by Gasteiger charge is 2.03. The lowest BCUT2D eigenvalue weighted by Gasteiger charge is -2.08. The molecule has 0 amide bonds. The summed E-state index contributed by atoms with van der Waals surface area (Å²) in [5.41, 5.74) is 3.00. The van der Waals surface area contributed by atoms with Crippen molar-refractivity contribution < 1.29 is 0 Å². The number of hydrogen-bond donors (Lipinski definition) is 1. The van der Waals surface area contributed by atoms with Crippen LogP contribution >= 0.6 is 0 Å². The van der Waals surface area contributed by atoms with Crippen LogP contribution < -0.4 is 5.32 Å². The highest BCUT2D eigenvalue weighted by molar-refractivity contribution is 5.40. The second-order valence-electron chi connectivity index (χ2n) is 3.26. The third kappa shape index (κ3) is 2.41. The van der Waals surface area contributed by atoms with Crippen LogP contribution in [0.2, 0.25) is 0 Å². The number of hydrogen-bond acceptors (Lipinski definition) is 3. The zero-order valence-electron chi connectivity index (χ0n) is 8.81. The van der Waals surface area contributed by atoms with E-state index in [4.69, 9.17) is 0 Å². The molecular formula is C10H17N3. The molecule has 0 saturated heterocycles. The Hall–Kier alpha value is -1.12. The summed E-state index contributed by atoms with van der Waals surface area (Å²) in [5, 5.41) is 3.26. The third-order valence-electron chi connectivity index (χ3n) is 2.02. The van der Waals surface area contributed by atoms with Crippen LogP contribution in [-0.4, -0.2) is 16.5 Å². The summed E-state index contributed by atoms with van der Waals surface area (Å²) in [6.07, 6.45) is 1.11. The molecule has 0 radical (unpaired) electrons. The van der Waals surface area contributed by atoms with Crippen molar-refractivity contribution in [2.45, 2.75) is 34.1 Å². The van der Waals surface area contributed by atoms with E-state index in [2.05, 4.69) is 22.2 Å². The van der Waals surface area contributed by atoms with Gasteiger partial charge in [0.25, 0.3) is 0 Å². The molecule has 0 aromatic carbocycles. The van der Waals surface area contributed by atoms with Crippen LogP contribution in [0.15, 0.2) is 0 Å². The van der Waals surface area contributed by atoms with E-state index in [1.165, 1.54) is 0 Å². The summed E-state index contributed by atoms with van der Waals surface area (Å²) in [4.78, 5) is 8.84. The lowest BCUT2D eigenvalue weighted by molar-refractivity contribution is 0.936. The fourth-order valence-electron chi connectivity index (χ4n) is 1.13. The van der Waals surface area contributed by atoms with Gasteiger partial charge in [0.05, 0.1) is 17.1 Å². The van der Waals surface area contributed by atoms with Crippen LogP contribution in [0.4, 0.5) is 5.82 Å². The van der Waals surface area contributed by atoms with Crippen molar-refractivity contribution in [2.75, 3.05) is 11.9 Å². The van der Waals surface area contributed by atoms with E-state index >= 15 is 0 Å². The monoisotopic (exact) mass is 179 g/mol. The molecule has 0 spiro atoms. The Morgan fingerprint density at radius 1 is 1.00 bits per heavy atom. The number of nitrogens with one attached hydrogen (secondary N) is 1. The van der Waals surface area contributed by atoms with Crippen molar-refractivity contribution in [3.8, 4) is 0 Å². The van der Waals surface area contributed by atoms with Gasteiger partial charge in [-0.15, -0.1) is 0 Å². The molecule has 0 bridgehead atoms. The van der Waals surface area contributed by atoms with E-state index in [1.807, 2.05) is 20.8 Å². The Labute approximate surface area is 79.6 Å². The van der Waals surface area contributed by atoms with Gasteiger partial charge in [-0.3, -0.25) is 4.98 Å². The maximum absolute atomic E-state index is 4.44. The molecule has 72 valence electrons. The average molecular weight is 179 g/mol. The first-order chi connectivity index (χ1) is 6.15. The van der Waals surface area contributed by atoms with E-state index in [1.54, 1.807) is 0 Å². The molecule has 0 atom stereocenters. The number of rotatable bonds is 3. The molecule has 3 heteroatoms. The van der Waals surface area contributed by atoms with Crippen LogP contribution in [0.25, 0.3) is 0 Å². The summed E-state index contributed by atoms with van der Waals surface area (Å²) in [5.74, 6) is 0.921. The largest absolute Gasteiger partial charge is 0.369 e. The highest BCUT2D eigenvalue weighted by Crippen LogP contribution is 2.11. The predicted molar refractivity (Wildman–Crippen MR) is 55.0 cm³/mol. The van der Waals surface area contributed by atoms with Crippen molar-refractivity contribution in [3.05, 3.63) is 17.1 Å². The Morgan fingerprint density at radius 2 is 1.62 bits per heavy atom. The van der Waals surface area contributed by atoms with Crippen molar-refractivity contribution in [2.24, 2.45) is 0 Å². The fraction of sp³-hybridized carbons (Fsp3) is 0.600. The first-order valence-corrected chi connectivity index (χ1v) is 4.71. The second-order valence-corrected chi connectivity index (χ2v) is 3.26. The standard InChI is InChI=1S/C10H17N3/c1-5-6-11-10-9(4)12-7(2)8(3)13-10/h5-6H2,1-4H3,(H,11,13). The minimum Gasteiger partial charge on any atom is -0.369 e. The minimum absolute atomic E-state index is 0.921. The molecular weight excluding hydrogens is 162 g/mol. The van der Waals surface area contributed by atoms with Crippen molar-refractivity contribution in [1.82, 2.24) is 9.97 Å². The molecule has 1 heterocycles. The maximum Gasteiger partial charge on any atom is 0.147 e. The molecule has 1 aromatic rings. The SMILES string of the molecule is CCCNc1nc(C)c(C)nc1C. The summed E-state index contributed by atoms with van der Waals surface area (Å²) in [6.45, 7) is 9.05. The molecule has 1 rings (SSSR count). The maximum atomic E-state index is 4.44. The summed E-state index contributed by atoms with van der Waals surface area (Å²) < 4.78 is 0. The van der Waals surface area contributed by atoms with Gasteiger partial charge in [-0.05, 0) is 27.2 Å². The quantitative estimate of drug-likeness (QED) is 0.773. The van der Waals surface area contributed by atoms with Crippen LogP contribution in [0.5, 0.6) is 0 Å². The molecule has 0 aliphatic rings. The molecule has 0 fully saturated rings. The predicted octanol–water partition coefficient (Wildman–Crippen LogP) is 2.22. The molecule has 1 N–H and O–H groups in total. The van der Waals surface area contributed by atoms with Crippen molar-refractivity contribution >= 4 is 5.82 Å². The highest BCUT2D eigenvalue weighted by atomic mass is 15.0. The van der Waals surface area contributed by atoms with E-state index in [-0.39, 0.29) is 0 Å². The number of anilines is 1. The molecule has 0 saturated carbocycles. The summed E-state index contributed by atoms with van der Waals surface area (Å²) >= 11 is 0. The van der Waals surface area contributed by atoms with Gasteiger partial charge >= 0.3 is 0 Å². The topological polar surface area (TPSA) is 37.8 Å². The molecule has 13 heavy (non-hydrogen) atoms. The molecule has 0 aliphatic heterocycles. The molecule has 0 unspecified atom stereocenters. The molecule has 1 aromatic heterocycles. The number of aromatic nitrogens is 2. The lowest BCUT2D eigenvalue weighted by atomic mass is 10.3. The van der Waals surface area contributed by atoms with Crippen molar-refractivity contribution in [1.29, 1.82) is 0 Å². The normalized spacial score (nSPS) is 10.2. The fourth-order valence-corrected chi connectivity index (χ4v) is 1.13. The van der Waals surface area contributed by atoms with Gasteiger partial charge in [-0.2, -0.15) is 0 Å². The van der Waals surface area contributed by atoms with Gasteiger partial charge in [-0.25, -0.2) is 4.98 Å². The molecule has 3 nitrogen and oxygen atoms in total. The minimum atomic E-state index is 0.921. The zero-order chi connectivity index (χ0) is 9.84. The smallest absolute Gasteiger partial charge is 0.147 e. The van der Waals surface area contributed by atoms with Gasteiger partial charge in [-0.1, -0.05) is 6.92 Å². The van der Waals surface area contributed by atoms with E-state index in [0.29, 0.717) is 0 Å². The van der Waals surface area contributed by atoms with Gasteiger partial charge in [0.2, 0.25) is 0 Å². The van der Waals surface area contributed by atoms with Gasteiger partial charge < -0.3 is 5.32 Å². The average Bonchev–Trinajstić information content (AvgIpc) is 2.09. The van der Waals surface area contributed by atoms with Crippen LogP contribution in [0.3, 0.4) is 0 Å². The second kappa shape index (κ2) is 4.21. The van der Waals surface area contributed by atoms with Crippen LogP contribution in [0, 0.1) is 20.8 Å². The van der Waals surface area contributed by atoms with E-state index in [9.17, 15) is 0 Å². The lowest BCUT2D eigenvalue weighted by Crippen LogP contribution is -2.07.